The van der Waals surface area contributed by atoms with Gasteiger partial charge in [-0.15, -0.1) is 12.4 Å². The van der Waals surface area contributed by atoms with Crippen LogP contribution in [0.25, 0.3) is 22.4 Å². The van der Waals surface area contributed by atoms with Crippen molar-refractivity contribution in [2.45, 2.75) is 0 Å². The Morgan fingerprint density at radius 3 is 2.61 bits per heavy atom. The Balaban J connectivity index is 0.00000120. The number of hydrogen-bond donors (Lipinski definition) is 0. The van der Waals surface area contributed by atoms with Gasteiger partial charge in [0.15, 0.2) is 5.43 Å². The lowest BCUT2D eigenvalue weighted by Gasteiger charge is -2.01. The highest BCUT2D eigenvalue weighted by Gasteiger charge is 2.06. The van der Waals surface area contributed by atoms with Crippen LogP contribution < -0.4 is 5.43 Å². The fourth-order valence-corrected chi connectivity index (χ4v) is 1.65. The molecule has 0 saturated carbocycles. The highest BCUT2D eigenvalue weighted by Crippen LogP contribution is 2.19. The van der Waals surface area contributed by atoms with Crippen LogP contribution in [0, 0.1) is 0 Å². The summed E-state index contributed by atoms with van der Waals surface area (Å²) in [4.78, 5) is 19.8. The Morgan fingerprint density at radius 1 is 1.06 bits per heavy atom. The third-order valence-electron chi connectivity index (χ3n) is 2.47. The minimum absolute atomic E-state index is 0. The van der Waals surface area contributed by atoms with E-state index in [4.69, 9.17) is 4.42 Å². The van der Waals surface area contributed by atoms with E-state index in [1.807, 2.05) is 0 Å². The first-order valence-corrected chi connectivity index (χ1v) is 5.14. The zero-order chi connectivity index (χ0) is 11.7. The van der Waals surface area contributed by atoms with E-state index in [0.29, 0.717) is 16.9 Å². The number of fused-ring (bicyclic) bond motifs is 1. The van der Waals surface area contributed by atoms with E-state index >= 15 is 0 Å². The zero-order valence-electron chi connectivity index (χ0n) is 9.24. The Bertz CT molecular complexity index is 726. The van der Waals surface area contributed by atoms with Crippen molar-refractivity contribution in [2.75, 3.05) is 0 Å². The Hall–Kier alpha value is -2.20. The molecule has 0 aliphatic rings. The molecule has 4 nitrogen and oxygen atoms in total. The van der Waals surface area contributed by atoms with E-state index < -0.39 is 0 Å². The number of aromatic nitrogens is 2. The van der Waals surface area contributed by atoms with Crippen LogP contribution in [-0.4, -0.2) is 9.97 Å². The molecule has 0 unspecified atom stereocenters. The van der Waals surface area contributed by atoms with Crippen molar-refractivity contribution in [3.63, 3.8) is 0 Å². The van der Waals surface area contributed by atoms with Gasteiger partial charge in [0.2, 0.25) is 5.71 Å². The van der Waals surface area contributed by atoms with Crippen LogP contribution in [0.4, 0.5) is 0 Å². The van der Waals surface area contributed by atoms with Crippen molar-refractivity contribution >= 4 is 23.5 Å². The standard InChI is InChI=1S/C13H8N2O2.ClH/c16-11-8-12(9-3-6-14-7-4-9)17-13-10(11)2-1-5-15-13;/h1-8H;1H. The molecular formula is C13H9ClN2O2. The number of hydrogen-bond acceptors (Lipinski definition) is 4. The van der Waals surface area contributed by atoms with Crippen molar-refractivity contribution in [3.05, 3.63) is 59.1 Å². The van der Waals surface area contributed by atoms with E-state index in [1.165, 1.54) is 6.07 Å². The topological polar surface area (TPSA) is 56.0 Å². The normalized spacial score (nSPS) is 10.0. The van der Waals surface area contributed by atoms with Crippen molar-refractivity contribution < 1.29 is 4.42 Å². The van der Waals surface area contributed by atoms with Gasteiger partial charge < -0.3 is 4.42 Å². The van der Waals surface area contributed by atoms with Crippen LogP contribution in [0.5, 0.6) is 0 Å². The second kappa shape index (κ2) is 4.98. The van der Waals surface area contributed by atoms with Crippen LogP contribution in [0.2, 0.25) is 0 Å². The van der Waals surface area contributed by atoms with Crippen molar-refractivity contribution in [1.82, 2.24) is 9.97 Å². The summed E-state index contributed by atoms with van der Waals surface area (Å²) >= 11 is 0. The molecule has 0 saturated heterocycles. The molecule has 3 rings (SSSR count). The Morgan fingerprint density at radius 2 is 1.83 bits per heavy atom. The monoisotopic (exact) mass is 260 g/mol. The van der Waals surface area contributed by atoms with Gasteiger partial charge in [0.1, 0.15) is 5.76 Å². The summed E-state index contributed by atoms with van der Waals surface area (Å²) in [7, 11) is 0. The number of halogens is 1. The maximum absolute atomic E-state index is 11.9. The van der Waals surface area contributed by atoms with Gasteiger partial charge in [-0.1, -0.05) is 0 Å². The summed E-state index contributed by atoms with van der Waals surface area (Å²) in [5.74, 6) is 0.503. The second-order valence-corrected chi connectivity index (χ2v) is 3.57. The molecule has 3 heterocycles. The molecule has 18 heavy (non-hydrogen) atoms. The van der Waals surface area contributed by atoms with E-state index in [-0.39, 0.29) is 17.8 Å². The lowest BCUT2D eigenvalue weighted by molar-refractivity contribution is 0.605. The maximum atomic E-state index is 11.9. The molecule has 0 amide bonds. The molecule has 5 heteroatoms. The molecule has 90 valence electrons. The average Bonchev–Trinajstić information content (AvgIpc) is 2.40. The molecule has 3 aromatic rings. The van der Waals surface area contributed by atoms with Crippen LogP contribution in [0.1, 0.15) is 0 Å². The first kappa shape index (κ1) is 12.3. The lowest BCUT2D eigenvalue weighted by Crippen LogP contribution is -2.00. The zero-order valence-corrected chi connectivity index (χ0v) is 10.1. The first-order chi connectivity index (χ1) is 8.34. The molecule has 0 atom stereocenters. The molecule has 0 N–H and O–H groups in total. The molecule has 3 aromatic heterocycles. The van der Waals surface area contributed by atoms with Gasteiger partial charge in [-0.3, -0.25) is 9.78 Å². The minimum atomic E-state index is -0.0915. The molecular weight excluding hydrogens is 252 g/mol. The summed E-state index contributed by atoms with van der Waals surface area (Å²) in [6.45, 7) is 0. The number of pyridine rings is 2. The van der Waals surface area contributed by atoms with Crippen molar-refractivity contribution in [3.8, 4) is 11.3 Å². The summed E-state index contributed by atoms with van der Waals surface area (Å²) in [6, 6.07) is 8.45. The largest absolute Gasteiger partial charge is 0.437 e. The third-order valence-corrected chi connectivity index (χ3v) is 2.47. The minimum Gasteiger partial charge on any atom is -0.437 e. The first-order valence-electron chi connectivity index (χ1n) is 5.14. The molecule has 0 aliphatic heterocycles. The van der Waals surface area contributed by atoms with Gasteiger partial charge in [0.05, 0.1) is 5.39 Å². The highest BCUT2D eigenvalue weighted by molar-refractivity contribution is 5.85. The lowest BCUT2D eigenvalue weighted by atomic mass is 10.2. The fraction of sp³-hybridized carbons (Fsp3) is 0. The Kier molecular flexibility index (Phi) is 3.39. The van der Waals surface area contributed by atoms with Gasteiger partial charge in [-0.25, -0.2) is 4.98 Å². The van der Waals surface area contributed by atoms with Crippen LogP contribution in [-0.2, 0) is 0 Å². The summed E-state index contributed by atoms with van der Waals surface area (Å²) in [5.41, 5.74) is 1.07. The van der Waals surface area contributed by atoms with Crippen LogP contribution in [0.15, 0.2) is 58.1 Å². The van der Waals surface area contributed by atoms with E-state index in [2.05, 4.69) is 9.97 Å². The third kappa shape index (κ3) is 2.10. The average molecular weight is 261 g/mol. The van der Waals surface area contributed by atoms with Gasteiger partial charge in [0.25, 0.3) is 0 Å². The van der Waals surface area contributed by atoms with Gasteiger partial charge in [0, 0.05) is 30.2 Å². The summed E-state index contributed by atoms with van der Waals surface area (Å²) in [6.07, 6.45) is 4.90. The van der Waals surface area contributed by atoms with Crippen LogP contribution in [0.3, 0.4) is 0 Å². The van der Waals surface area contributed by atoms with Crippen LogP contribution >= 0.6 is 12.4 Å². The van der Waals surface area contributed by atoms with Gasteiger partial charge >= 0.3 is 0 Å². The van der Waals surface area contributed by atoms with Gasteiger partial charge in [-0.05, 0) is 24.3 Å². The van der Waals surface area contributed by atoms with Gasteiger partial charge in [-0.2, -0.15) is 0 Å². The molecule has 0 radical (unpaired) electrons. The molecule has 0 spiro atoms. The fourth-order valence-electron chi connectivity index (χ4n) is 1.65. The van der Waals surface area contributed by atoms with Crippen molar-refractivity contribution in [2.24, 2.45) is 0 Å². The number of nitrogens with zero attached hydrogens (tertiary/aromatic N) is 2. The smallest absolute Gasteiger partial charge is 0.230 e. The summed E-state index contributed by atoms with van der Waals surface area (Å²) in [5, 5.41) is 0.491. The maximum Gasteiger partial charge on any atom is 0.230 e. The van der Waals surface area contributed by atoms with E-state index in [1.54, 1.807) is 42.9 Å². The summed E-state index contributed by atoms with van der Waals surface area (Å²) < 4.78 is 5.59. The highest BCUT2D eigenvalue weighted by atomic mass is 35.5. The number of rotatable bonds is 1. The molecule has 0 bridgehead atoms. The predicted octanol–water partition coefficient (Wildman–Crippen LogP) is 2.67. The van der Waals surface area contributed by atoms with E-state index in [9.17, 15) is 4.79 Å². The quantitative estimate of drug-likeness (QED) is 0.675. The molecule has 0 aromatic carbocycles. The second-order valence-electron chi connectivity index (χ2n) is 3.57. The SMILES string of the molecule is Cl.O=c1cc(-c2ccncc2)oc2ncccc12. The van der Waals surface area contributed by atoms with E-state index in [0.717, 1.165) is 5.56 Å². The van der Waals surface area contributed by atoms with Crippen molar-refractivity contribution in [1.29, 1.82) is 0 Å². The molecule has 0 fully saturated rings. The predicted molar refractivity (Wildman–Crippen MR) is 70.8 cm³/mol. The Labute approximate surface area is 109 Å². The molecule has 0 aliphatic carbocycles.